The first-order valence-electron chi connectivity index (χ1n) is 15.1. The molecule has 0 N–H and O–H groups in total. The molecule has 0 unspecified atom stereocenters. The molecule has 5 aromatic rings. The molecule has 3 aromatic carbocycles. The summed E-state index contributed by atoms with van der Waals surface area (Å²) >= 11 is 7.60. The molecule has 0 saturated carbocycles. The van der Waals surface area contributed by atoms with E-state index in [4.69, 9.17) is 26.1 Å². The minimum absolute atomic E-state index is 0.201. The summed E-state index contributed by atoms with van der Waals surface area (Å²) in [7, 11) is 0. The average molecular weight is 652 g/mol. The molecular weight excluding hydrogens is 618 g/mol. The molecule has 1 aliphatic rings. The smallest absolute Gasteiger partial charge is 0.338 e. The number of fused-ring (bicyclic) bond motifs is 1. The first-order chi connectivity index (χ1) is 22.2. The topological polar surface area (TPSA) is 74.8 Å². The molecule has 0 spiro atoms. The van der Waals surface area contributed by atoms with Gasteiger partial charge in [-0.15, -0.1) is 0 Å². The van der Waals surface area contributed by atoms with Crippen LogP contribution in [0.25, 0.3) is 11.8 Å². The molecular formula is C37H34ClN3O4S. The number of rotatable bonds is 8. The molecule has 1 aliphatic heterocycles. The summed E-state index contributed by atoms with van der Waals surface area (Å²) < 4.78 is 15.7. The minimum atomic E-state index is -0.635. The van der Waals surface area contributed by atoms with Gasteiger partial charge in [-0.2, -0.15) is 0 Å². The lowest BCUT2D eigenvalue weighted by Crippen LogP contribution is -2.39. The predicted octanol–water partition coefficient (Wildman–Crippen LogP) is 6.75. The van der Waals surface area contributed by atoms with Crippen LogP contribution in [0.2, 0.25) is 5.02 Å². The second-order valence-corrected chi connectivity index (χ2v) is 12.7. The van der Waals surface area contributed by atoms with Crippen molar-refractivity contribution < 1.29 is 14.3 Å². The Balaban J connectivity index is 1.35. The molecule has 0 aliphatic carbocycles. The number of carbonyl (C=O) groups excluding carboxylic acids is 1. The zero-order valence-electron chi connectivity index (χ0n) is 26.3. The molecule has 46 heavy (non-hydrogen) atoms. The van der Waals surface area contributed by atoms with Gasteiger partial charge in [0.1, 0.15) is 12.4 Å². The number of ether oxygens (including phenoxy) is 2. The van der Waals surface area contributed by atoms with Crippen molar-refractivity contribution in [3.05, 3.63) is 148 Å². The summed E-state index contributed by atoms with van der Waals surface area (Å²) in [6.45, 7) is 10.3. The molecule has 3 heterocycles. The van der Waals surface area contributed by atoms with Crippen LogP contribution in [0.4, 0.5) is 0 Å². The quantitative estimate of drug-likeness (QED) is 0.174. The maximum absolute atomic E-state index is 14.1. The van der Waals surface area contributed by atoms with E-state index < -0.39 is 12.0 Å². The highest BCUT2D eigenvalue weighted by Gasteiger charge is 2.33. The van der Waals surface area contributed by atoms with E-state index >= 15 is 0 Å². The van der Waals surface area contributed by atoms with E-state index in [0.29, 0.717) is 32.2 Å². The Morgan fingerprint density at radius 1 is 1.00 bits per heavy atom. The Kier molecular flexibility index (Phi) is 8.84. The Morgan fingerprint density at radius 3 is 2.41 bits per heavy atom. The Morgan fingerprint density at radius 2 is 1.72 bits per heavy atom. The first-order valence-corrected chi connectivity index (χ1v) is 16.3. The van der Waals surface area contributed by atoms with Crippen LogP contribution >= 0.6 is 22.9 Å². The highest BCUT2D eigenvalue weighted by atomic mass is 35.5. The van der Waals surface area contributed by atoms with Gasteiger partial charge in [0.25, 0.3) is 5.56 Å². The normalized spacial score (nSPS) is 14.7. The molecule has 0 saturated heterocycles. The Bertz CT molecular complexity index is 2160. The number of aromatic nitrogens is 2. The van der Waals surface area contributed by atoms with Crippen LogP contribution in [-0.4, -0.2) is 21.7 Å². The summed E-state index contributed by atoms with van der Waals surface area (Å²) in [5, 5.41) is 0.679. The van der Waals surface area contributed by atoms with E-state index in [-0.39, 0.29) is 12.2 Å². The number of hydrogen-bond donors (Lipinski definition) is 0. The van der Waals surface area contributed by atoms with E-state index in [1.54, 1.807) is 18.4 Å². The van der Waals surface area contributed by atoms with Gasteiger partial charge in [0.15, 0.2) is 4.80 Å². The highest BCUT2D eigenvalue weighted by Crippen LogP contribution is 2.31. The van der Waals surface area contributed by atoms with Crippen molar-refractivity contribution in [1.82, 2.24) is 9.13 Å². The van der Waals surface area contributed by atoms with Gasteiger partial charge in [-0.1, -0.05) is 71.0 Å². The van der Waals surface area contributed by atoms with Crippen LogP contribution in [0.15, 0.2) is 99.9 Å². The monoisotopic (exact) mass is 651 g/mol. The molecule has 0 fully saturated rings. The zero-order valence-corrected chi connectivity index (χ0v) is 27.9. The molecule has 0 bridgehead atoms. The molecule has 2 aromatic heterocycles. The molecule has 6 rings (SSSR count). The number of carbonyl (C=O) groups is 1. The van der Waals surface area contributed by atoms with Gasteiger partial charge in [0.05, 0.1) is 28.5 Å². The van der Waals surface area contributed by atoms with Crippen molar-refractivity contribution in [3.8, 4) is 11.4 Å². The van der Waals surface area contributed by atoms with Crippen molar-refractivity contribution >= 4 is 35.0 Å². The van der Waals surface area contributed by atoms with E-state index in [0.717, 1.165) is 45.1 Å². The Hall–Kier alpha value is -4.66. The van der Waals surface area contributed by atoms with Crippen LogP contribution in [-0.2, 0) is 16.1 Å². The lowest BCUT2D eigenvalue weighted by Gasteiger charge is -2.24. The van der Waals surface area contributed by atoms with Crippen LogP contribution in [0.1, 0.15) is 53.5 Å². The number of aryl methyl sites for hydroxylation is 2. The molecule has 0 radical (unpaired) electrons. The lowest BCUT2D eigenvalue weighted by molar-refractivity contribution is -0.139. The van der Waals surface area contributed by atoms with Gasteiger partial charge in [-0.05, 0) is 88.2 Å². The van der Waals surface area contributed by atoms with Gasteiger partial charge in [0, 0.05) is 27.7 Å². The number of nitrogens with zero attached hydrogens (tertiary/aromatic N) is 3. The summed E-state index contributed by atoms with van der Waals surface area (Å²) in [6, 6.07) is 24.9. The largest absolute Gasteiger partial charge is 0.489 e. The second kappa shape index (κ2) is 13.0. The van der Waals surface area contributed by atoms with E-state index in [9.17, 15) is 9.59 Å². The van der Waals surface area contributed by atoms with Gasteiger partial charge in [-0.25, -0.2) is 9.79 Å². The van der Waals surface area contributed by atoms with E-state index in [1.807, 2.05) is 99.6 Å². The van der Waals surface area contributed by atoms with E-state index in [1.165, 1.54) is 11.3 Å². The average Bonchev–Trinajstić information content (AvgIpc) is 3.50. The number of hydrogen-bond acceptors (Lipinski definition) is 6. The van der Waals surface area contributed by atoms with Gasteiger partial charge in [-0.3, -0.25) is 9.36 Å². The molecule has 0 amide bonds. The molecule has 9 heteroatoms. The summed E-state index contributed by atoms with van der Waals surface area (Å²) in [4.78, 5) is 32.5. The molecule has 7 nitrogen and oxygen atoms in total. The van der Waals surface area contributed by atoms with Gasteiger partial charge < -0.3 is 14.0 Å². The number of esters is 1. The lowest BCUT2D eigenvalue weighted by atomic mass is 9.95. The van der Waals surface area contributed by atoms with Crippen molar-refractivity contribution in [2.24, 2.45) is 4.99 Å². The fourth-order valence-corrected chi connectivity index (χ4v) is 7.02. The van der Waals surface area contributed by atoms with Crippen LogP contribution in [0, 0.1) is 20.8 Å². The molecule has 234 valence electrons. The summed E-state index contributed by atoms with van der Waals surface area (Å²) in [5.74, 6) is 0.278. The number of benzene rings is 3. The van der Waals surface area contributed by atoms with Crippen LogP contribution in [0.5, 0.6) is 5.75 Å². The third kappa shape index (κ3) is 5.98. The SMILES string of the molecule is CCOC(=O)C1=C(C)N=c2s/c(=C\c3cc(C)n(-c4ccc(OCc5ccccc5Cl)cc4)c3C)c(=O)n2[C@H]1c1ccc(C)cc1. The van der Waals surface area contributed by atoms with Gasteiger partial charge in [0.2, 0.25) is 0 Å². The van der Waals surface area contributed by atoms with Crippen molar-refractivity contribution in [2.75, 3.05) is 6.61 Å². The number of halogens is 1. The Labute approximate surface area is 276 Å². The highest BCUT2D eigenvalue weighted by molar-refractivity contribution is 7.07. The van der Waals surface area contributed by atoms with E-state index in [2.05, 4.69) is 10.6 Å². The van der Waals surface area contributed by atoms with Crippen molar-refractivity contribution in [2.45, 2.75) is 47.3 Å². The predicted molar refractivity (Wildman–Crippen MR) is 183 cm³/mol. The molecule has 1 atom stereocenters. The van der Waals surface area contributed by atoms with Gasteiger partial charge >= 0.3 is 5.97 Å². The number of allylic oxidation sites excluding steroid dienone is 1. The second-order valence-electron chi connectivity index (χ2n) is 11.2. The number of thiazole rings is 1. The van der Waals surface area contributed by atoms with Crippen molar-refractivity contribution in [3.63, 3.8) is 0 Å². The first kappa shape index (κ1) is 31.3. The minimum Gasteiger partial charge on any atom is -0.489 e. The third-order valence-electron chi connectivity index (χ3n) is 8.11. The maximum Gasteiger partial charge on any atom is 0.338 e. The van der Waals surface area contributed by atoms with Crippen LogP contribution in [0.3, 0.4) is 0 Å². The van der Waals surface area contributed by atoms with Crippen molar-refractivity contribution in [1.29, 1.82) is 0 Å². The zero-order chi connectivity index (χ0) is 32.5. The standard InChI is InChI=1S/C37H34ClN3O4S/c1-6-44-36(43)33-24(4)39-37-41(34(33)26-13-11-22(2)12-14-26)35(42)32(46-37)20-28-19-23(3)40(25(28)5)29-15-17-30(18-16-29)45-21-27-9-7-8-10-31(27)38/h7-20,34H,6,21H2,1-5H3/b32-20-/t34-/m0/s1. The summed E-state index contributed by atoms with van der Waals surface area (Å²) in [6.07, 6.45) is 1.92. The maximum atomic E-state index is 14.1. The van der Waals surface area contributed by atoms with Crippen LogP contribution < -0.4 is 19.6 Å². The third-order valence-corrected chi connectivity index (χ3v) is 9.47. The fraction of sp³-hybridized carbons (Fsp3) is 0.216. The fourth-order valence-electron chi connectivity index (χ4n) is 5.80. The summed E-state index contributed by atoms with van der Waals surface area (Å²) in [5.41, 5.74) is 7.50.